The molecule has 4 nitrogen and oxygen atoms in total. The second-order valence-electron chi connectivity index (χ2n) is 3.64. The lowest BCUT2D eigenvalue weighted by atomic mass is 10.1. The zero-order valence-electron chi connectivity index (χ0n) is 9.25. The first-order valence-corrected chi connectivity index (χ1v) is 5.13. The Bertz CT molecular complexity index is 379. The molecule has 94 valence electrons. The molecular weight excluding hydrogens is 228 g/mol. The summed E-state index contributed by atoms with van der Waals surface area (Å²) in [6.45, 7) is -1.19. The van der Waals surface area contributed by atoms with Crippen molar-refractivity contribution in [2.75, 3.05) is 13.1 Å². The highest BCUT2D eigenvalue weighted by molar-refractivity contribution is 5.94. The Morgan fingerprint density at radius 3 is 2.29 bits per heavy atom. The first kappa shape index (κ1) is 13.5. The summed E-state index contributed by atoms with van der Waals surface area (Å²) in [5, 5.41) is 2.13. The fourth-order valence-corrected chi connectivity index (χ4v) is 1.18. The molecule has 0 aliphatic carbocycles. The molecule has 0 unspecified atom stereocenters. The van der Waals surface area contributed by atoms with Gasteiger partial charge in [-0.05, 0) is 17.7 Å². The topological polar surface area (TPSA) is 81.1 Å². The zero-order chi connectivity index (χ0) is 12.9. The zero-order valence-corrected chi connectivity index (χ0v) is 9.25. The number of carbonyl (C=O) groups is 1. The van der Waals surface area contributed by atoms with Crippen molar-refractivity contribution in [1.29, 1.82) is 0 Å². The molecule has 17 heavy (non-hydrogen) atoms. The van der Waals surface area contributed by atoms with Crippen LogP contribution in [0.4, 0.5) is 8.78 Å². The van der Waals surface area contributed by atoms with Crippen molar-refractivity contribution in [3.8, 4) is 0 Å². The number of amides is 1. The average molecular weight is 243 g/mol. The summed E-state index contributed by atoms with van der Waals surface area (Å²) in [7, 11) is 0. The lowest BCUT2D eigenvalue weighted by Crippen LogP contribution is -2.41. The summed E-state index contributed by atoms with van der Waals surface area (Å²) in [4.78, 5) is 11.5. The Morgan fingerprint density at radius 2 is 1.82 bits per heavy atom. The van der Waals surface area contributed by atoms with Crippen LogP contribution < -0.4 is 16.8 Å². The van der Waals surface area contributed by atoms with Crippen molar-refractivity contribution in [3.05, 3.63) is 35.4 Å². The molecule has 0 saturated carbocycles. The van der Waals surface area contributed by atoms with E-state index in [1.165, 1.54) is 12.1 Å². The first-order valence-electron chi connectivity index (χ1n) is 5.13. The summed E-state index contributed by atoms with van der Waals surface area (Å²) in [6, 6.07) is 6.43. The third-order valence-electron chi connectivity index (χ3n) is 2.26. The maximum atomic E-state index is 12.8. The average Bonchev–Trinajstić information content (AvgIpc) is 2.36. The number of alkyl halides is 2. The minimum atomic E-state index is -3.08. The van der Waals surface area contributed by atoms with Gasteiger partial charge in [0.2, 0.25) is 0 Å². The van der Waals surface area contributed by atoms with E-state index in [0.29, 0.717) is 12.1 Å². The SMILES string of the molecule is NCc1ccc(C(=O)NCC(F)(F)CN)cc1. The van der Waals surface area contributed by atoms with E-state index in [-0.39, 0.29) is 0 Å². The van der Waals surface area contributed by atoms with Gasteiger partial charge in [0.15, 0.2) is 0 Å². The monoisotopic (exact) mass is 243 g/mol. The molecule has 0 bridgehead atoms. The molecule has 0 aliphatic rings. The van der Waals surface area contributed by atoms with Gasteiger partial charge in [0.1, 0.15) is 0 Å². The van der Waals surface area contributed by atoms with E-state index in [9.17, 15) is 13.6 Å². The van der Waals surface area contributed by atoms with E-state index in [0.717, 1.165) is 5.56 Å². The smallest absolute Gasteiger partial charge is 0.277 e. The van der Waals surface area contributed by atoms with Crippen molar-refractivity contribution < 1.29 is 13.6 Å². The fourth-order valence-electron chi connectivity index (χ4n) is 1.18. The molecule has 0 heterocycles. The van der Waals surface area contributed by atoms with Crippen LogP contribution in [0.1, 0.15) is 15.9 Å². The number of carbonyl (C=O) groups excluding carboxylic acids is 1. The summed E-state index contributed by atoms with van der Waals surface area (Å²) in [5.41, 5.74) is 11.4. The predicted octanol–water partition coefficient (Wildman–Crippen LogP) is 0.469. The lowest BCUT2D eigenvalue weighted by molar-refractivity contribution is 0.0118. The van der Waals surface area contributed by atoms with Gasteiger partial charge >= 0.3 is 0 Å². The molecule has 0 fully saturated rings. The van der Waals surface area contributed by atoms with Crippen molar-refractivity contribution in [3.63, 3.8) is 0 Å². The van der Waals surface area contributed by atoms with Crippen LogP contribution in [0, 0.1) is 0 Å². The number of hydrogen-bond donors (Lipinski definition) is 3. The Balaban J connectivity index is 2.58. The van der Waals surface area contributed by atoms with Crippen LogP contribution in [0.2, 0.25) is 0 Å². The largest absolute Gasteiger partial charge is 0.346 e. The van der Waals surface area contributed by atoms with E-state index in [1.807, 2.05) is 0 Å². The van der Waals surface area contributed by atoms with Gasteiger partial charge in [0.05, 0.1) is 13.1 Å². The Hall–Kier alpha value is -1.53. The second-order valence-corrected chi connectivity index (χ2v) is 3.64. The van der Waals surface area contributed by atoms with Gasteiger partial charge in [-0.25, -0.2) is 8.78 Å². The standard InChI is InChI=1S/C11H15F2N3O/c12-11(13,6-15)7-16-10(17)9-3-1-8(5-14)2-4-9/h1-4H,5-7,14-15H2,(H,16,17). The summed E-state index contributed by atoms with van der Waals surface area (Å²) >= 11 is 0. The van der Waals surface area contributed by atoms with Crippen molar-refractivity contribution in [2.24, 2.45) is 11.5 Å². The lowest BCUT2D eigenvalue weighted by Gasteiger charge is -2.14. The predicted molar refractivity (Wildman–Crippen MR) is 60.7 cm³/mol. The first-order chi connectivity index (χ1) is 7.98. The van der Waals surface area contributed by atoms with E-state index in [1.54, 1.807) is 12.1 Å². The van der Waals surface area contributed by atoms with Crippen LogP contribution >= 0.6 is 0 Å². The van der Waals surface area contributed by atoms with Crippen LogP contribution in [-0.4, -0.2) is 24.9 Å². The van der Waals surface area contributed by atoms with E-state index < -0.39 is 24.9 Å². The molecule has 0 radical (unpaired) electrons. The van der Waals surface area contributed by atoms with Gasteiger partial charge in [-0.3, -0.25) is 4.79 Å². The molecule has 0 atom stereocenters. The molecule has 1 amide bonds. The molecule has 0 spiro atoms. The highest BCUT2D eigenvalue weighted by Crippen LogP contribution is 2.09. The van der Waals surface area contributed by atoms with Gasteiger partial charge in [-0.1, -0.05) is 12.1 Å². The fraction of sp³-hybridized carbons (Fsp3) is 0.364. The number of rotatable bonds is 5. The molecule has 1 aromatic carbocycles. The summed E-state index contributed by atoms with van der Waals surface area (Å²) in [6.07, 6.45) is 0. The minimum Gasteiger partial charge on any atom is -0.346 e. The van der Waals surface area contributed by atoms with E-state index in [4.69, 9.17) is 11.5 Å². The quantitative estimate of drug-likeness (QED) is 0.703. The molecule has 0 aromatic heterocycles. The van der Waals surface area contributed by atoms with Crippen molar-refractivity contribution in [1.82, 2.24) is 5.32 Å². The van der Waals surface area contributed by atoms with Crippen LogP contribution in [0.15, 0.2) is 24.3 Å². The third kappa shape index (κ3) is 4.08. The number of nitrogens with two attached hydrogens (primary N) is 2. The Morgan fingerprint density at radius 1 is 1.24 bits per heavy atom. The number of benzene rings is 1. The van der Waals surface area contributed by atoms with Gasteiger partial charge in [0.25, 0.3) is 11.8 Å². The normalized spacial score (nSPS) is 11.3. The summed E-state index contributed by atoms with van der Waals surface area (Å²) < 4.78 is 25.6. The van der Waals surface area contributed by atoms with E-state index >= 15 is 0 Å². The Kier molecular flexibility index (Phi) is 4.53. The van der Waals surface area contributed by atoms with Crippen LogP contribution in [0.5, 0.6) is 0 Å². The maximum absolute atomic E-state index is 12.8. The molecule has 0 aliphatic heterocycles. The molecule has 1 aromatic rings. The van der Waals surface area contributed by atoms with Crippen LogP contribution in [-0.2, 0) is 6.54 Å². The minimum absolute atomic E-state index is 0.315. The molecule has 6 heteroatoms. The highest BCUT2D eigenvalue weighted by atomic mass is 19.3. The number of halogens is 2. The molecule has 0 saturated heterocycles. The third-order valence-corrected chi connectivity index (χ3v) is 2.26. The molecule has 1 rings (SSSR count). The van der Waals surface area contributed by atoms with Crippen LogP contribution in [0.25, 0.3) is 0 Å². The second kappa shape index (κ2) is 5.70. The van der Waals surface area contributed by atoms with Gasteiger partial charge in [-0.15, -0.1) is 0 Å². The van der Waals surface area contributed by atoms with E-state index in [2.05, 4.69) is 5.32 Å². The summed E-state index contributed by atoms with van der Waals surface area (Å²) in [5.74, 6) is -3.63. The van der Waals surface area contributed by atoms with Crippen molar-refractivity contribution in [2.45, 2.75) is 12.5 Å². The van der Waals surface area contributed by atoms with Crippen LogP contribution in [0.3, 0.4) is 0 Å². The molecular formula is C11H15F2N3O. The maximum Gasteiger partial charge on any atom is 0.277 e. The number of nitrogens with one attached hydrogen (secondary N) is 1. The number of hydrogen-bond acceptors (Lipinski definition) is 3. The molecule has 5 N–H and O–H groups in total. The highest BCUT2D eigenvalue weighted by Gasteiger charge is 2.27. The van der Waals surface area contributed by atoms with Gasteiger partial charge in [0, 0.05) is 12.1 Å². The van der Waals surface area contributed by atoms with Gasteiger partial charge in [-0.2, -0.15) is 0 Å². The Labute approximate surface area is 98.0 Å². The van der Waals surface area contributed by atoms with Crippen molar-refractivity contribution >= 4 is 5.91 Å². The van der Waals surface area contributed by atoms with Gasteiger partial charge < -0.3 is 16.8 Å².